The molecular weight excluding hydrogens is 484 g/mol. The van der Waals surface area contributed by atoms with Crippen LogP contribution in [0.15, 0.2) is 98.0 Å². The van der Waals surface area contributed by atoms with Crippen molar-refractivity contribution in [1.29, 1.82) is 0 Å². The van der Waals surface area contributed by atoms with Crippen LogP contribution in [-0.2, 0) is 4.79 Å². The van der Waals surface area contributed by atoms with Crippen LogP contribution in [0, 0.1) is 0 Å². The Balaban J connectivity index is 1.41. The van der Waals surface area contributed by atoms with E-state index in [4.69, 9.17) is 4.74 Å². The van der Waals surface area contributed by atoms with E-state index in [1.165, 1.54) is 19.3 Å². The molecule has 4 aromatic rings. The van der Waals surface area contributed by atoms with Gasteiger partial charge in [0.15, 0.2) is 0 Å². The summed E-state index contributed by atoms with van der Waals surface area (Å²) in [7, 11) is 1.54. The minimum absolute atomic E-state index is 0.249. The van der Waals surface area contributed by atoms with Crippen LogP contribution >= 0.6 is 0 Å². The van der Waals surface area contributed by atoms with Gasteiger partial charge >= 0.3 is 0 Å². The molecule has 0 saturated carbocycles. The number of nitrogens with one attached hydrogen (secondary N) is 2. The smallest absolute Gasteiger partial charge is 0.269 e. The summed E-state index contributed by atoms with van der Waals surface area (Å²) in [5.41, 5.74) is 3.67. The highest BCUT2D eigenvalue weighted by Gasteiger charge is 2.36. The highest BCUT2D eigenvalue weighted by molar-refractivity contribution is 5.99. The van der Waals surface area contributed by atoms with Gasteiger partial charge in [0, 0.05) is 42.6 Å². The van der Waals surface area contributed by atoms with Crippen LogP contribution in [-0.4, -0.2) is 40.3 Å². The van der Waals surface area contributed by atoms with Crippen LogP contribution < -0.4 is 25.2 Å². The van der Waals surface area contributed by atoms with Crippen molar-refractivity contribution in [3.63, 3.8) is 0 Å². The fourth-order valence-electron chi connectivity index (χ4n) is 4.14. The zero-order valence-electron chi connectivity index (χ0n) is 20.4. The number of ether oxygens (including phenoxy) is 1. The Labute approximate surface area is 218 Å². The zero-order chi connectivity index (χ0) is 26.6. The van der Waals surface area contributed by atoms with E-state index in [-0.39, 0.29) is 17.5 Å². The third kappa shape index (κ3) is 4.75. The van der Waals surface area contributed by atoms with Crippen molar-refractivity contribution in [2.24, 2.45) is 0 Å². The molecular formula is C28H24N6O4. The van der Waals surface area contributed by atoms with Crippen LogP contribution in [0.3, 0.4) is 0 Å². The lowest BCUT2D eigenvalue weighted by molar-refractivity contribution is -0.111. The number of hydrogen-bond donors (Lipinski definition) is 3. The SMILES string of the molecule is C=CC(=O)Nc1cccc(N2c3ccncc3N(c3ccc(Oc4ccnc(C(=O)NC)c4)cc3)C2O)c1. The number of rotatable bonds is 7. The number of nitrogens with zero attached hydrogens (tertiary/aromatic N) is 4. The number of hydrogen-bond acceptors (Lipinski definition) is 8. The van der Waals surface area contributed by atoms with Crippen molar-refractivity contribution in [2.75, 3.05) is 22.2 Å². The first-order valence-electron chi connectivity index (χ1n) is 11.7. The number of amides is 2. The number of aliphatic hydroxyl groups excluding tert-OH is 1. The molecule has 0 bridgehead atoms. The molecule has 0 fully saturated rings. The van der Waals surface area contributed by atoms with Crippen LogP contribution in [0.5, 0.6) is 11.5 Å². The molecule has 5 rings (SSSR count). The molecule has 1 aliphatic rings. The molecule has 10 heteroatoms. The lowest BCUT2D eigenvalue weighted by atomic mass is 10.2. The Bertz CT molecular complexity index is 1510. The minimum Gasteiger partial charge on any atom is -0.457 e. The Morgan fingerprint density at radius 2 is 1.76 bits per heavy atom. The Hall–Kier alpha value is -5.22. The Kier molecular flexibility index (Phi) is 6.70. The lowest BCUT2D eigenvalue weighted by Gasteiger charge is -2.29. The third-order valence-electron chi connectivity index (χ3n) is 5.88. The van der Waals surface area contributed by atoms with Crippen LogP contribution in [0.25, 0.3) is 0 Å². The molecule has 3 N–H and O–H groups in total. The maximum absolute atomic E-state index is 11.9. The molecule has 1 unspecified atom stereocenters. The van der Waals surface area contributed by atoms with Gasteiger partial charge in [-0.1, -0.05) is 12.6 Å². The number of pyridine rings is 2. The standard InChI is InChI=1S/C28H24N6O4/c1-3-26(35)32-18-5-4-6-20(15-18)34-24-12-13-30-17-25(24)33(28(34)37)19-7-9-21(10-8-19)38-22-11-14-31-23(16-22)27(36)29-2/h3-17,28,37H,1H2,2H3,(H,29,36)(H,32,35). The molecule has 0 saturated heterocycles. The van der Waals surface area contributed by atoms with Crippen molar-refractivity contribution in [3.8, 4) is 11.5 Å². The summed E-state index contributed by atoms with van der Waals surface area (Å²) >= 11 is 0. The maximum atomic E-state index is 11.9. The second kappa shape index (κ2) is 10.4. The van der Waals surface area contributed by atoms with E-state index in [9.17, 15) is 14.7 Å². The predicted molar refractivity (Wildman–Crippen MR) is 144 cm³/mol. The molecule has 3 heterocycles. The Morgan fingerprint density at radius 1 is 0.974 bits per heavy atom. The molecule has 0 aliphatic carbocycles. The number of aliphatic hydroxyl groups is 1. The van der Waals surface area contributed by atoms with E-state index in [0.717, 1.165) is 5.69 Å². The molecule has 190 valence electrons. The number of carbonyl (C=O) groups excluding carboxylic acids is 2. The summed E-state index contributed by atoms with van der Waals surface area (Å²) in [6, 6.07) is 19.4. The first-order chi connectivity index (χ1) is 18.5. The van der Waals surface area contributed by atoms with Gasteiger partial charge in [-0.25, -0.2) is 0 Å². The second-order valence-electron chi connectivity index (χ2n) is 8.25. The topological polar surface area (TPSA) is 120 Å². The van der Waals surface area contributed by atoms with Crippen molar-refractivity contribution in [1.82, 2.24) is 15.3 Å². The largest absolute Gasteiger partial charge is 0.457 e. The Morgan fingerprint density at radius 3 is 2.53 bits per heavy atom. The first-order valence-corrected chi connectivity index (χ1v) is 11.7. The average molecular weight is 509 g/mol. The fraction of sp³-hybridized carbons (Fsp3) is 0.0714. The molecule has 38 heavy (non-hydrogen) atoms. The second-order valence-corrected chi connectivity index (χ2v) is 8.25. The van der Waals surface area contributed by atoms with E-state index in [0.29, 0.717) is 34.2 Å². The molecule has 0 radical (unpaired) electrons. The summed E-state index contributed by atoms with van der Waals surface area (Å²) < 4.78 is 5.91. The summed E-state index contributed by atoms with van der Waals surface area (Å²) in [4.78, 5) is 35.4. The minimum atomic E-state index is -1.08. The summed E-state index contributed by atoms with van der Waals surface area (Å²) in [5.74, 6) is 0.385. The van der Waals surface area contributed by atoms with Crippen molar-refractivity contribution in [2.45, 2.75) is 6.35 Å². The highest BCUT2D eigenvalue weighted by Crippen LogP contribution is 2.46. The van der Waals surface area contributed by atoms with Gasteiger partial charge in [0.05, 0.1) is 17.6 Å². The van der Waals surface area contributed by atoms with Gasteiger partial charge in [0.25, 0.3) is 5.91 Å². The monoisotopic (exact) mass is 508 g/mol. The van der Waals surface area contributed by atoms with Gasteiger partial charge in [-0.2, -0.15) is 0 Å². The number of anilines is 5. The number of carbonyl (C=O) groups is 2. The van der Waals surface area contributed by atoms with Gasteiger partial charge < -0.3 is 20.5 Å². The average Bonchev–Trinajstić information content (AvgIpc) is 3.24. The molecule has 1 atom stereocenters. The van der Waals surface area contributed by atoms with Crippen LogP contribution in [0.4, 0.5) is 28.4 Å². The fourth-order valence-corrected chi connectivity index (χ4v) is 4.14. The summed E-state index contributed by atoms with van der Waals surface area (Å²) in [6.45, 7) is 3.48. The van der Waals surface area contributed by atoms with Gasteiger partial charge in [-0.15, -0.1) is 0 Å². The van der Waals surface area contributed by atoms with E-state index >= 15 is 0 Å². The molecule has 1 aliphatic heterocycles. The summed E-state index contributed by atoms with van der Waals surface area (Å²) in [6.07, 6.45) is 4.96. The first kappa shape index (κ1) is 24.5. The maximum Gasteiger partial charge on any atom is 0.269 e. The third-order valence-corrected chi connectivity index (χ3v) is 5.88. The molecule has 2 aromatic carbocycles. The summed E-state index contributed by atoms with van der Waals surface area (Å²) in [5, 5.41) is 16.7. The van der Waals surface area contributed by atoms with E-state index < -0.39 is 6.35 Å². The molecule has 10 nitrogen and oxygen atoms in total. The van der Waals surface area contributed by atoms with Gasteiger partial charge in [0.1, 0.15) is 17.2 Å². The number of fused-ring (bicyclic) bond motifs is 1. The molecule has 0 spiro atoms. The number of aromatic nitrogens is 2. The van der Waals surface area contributed by atoms with Crippen molar-refractivity contribution < 1.29 is 19.4 Å². The number of benzene rings is 2. The van der Waals surface area contributed by atoms with E-state index in [2.05, 4.69) is 27.2 Å². The lowest BCUT2D eigenvalue weighted by Crippen LogP contribution is -2.37. The zero-order valence-corrected chi connectivity index (χ0v) is 20.4. The quantitative estimate of drug-likeness (QED) is 0.316. The van der Waals surface area contributed by atoms with E-state index in [1.807, 2.05) is 24.3 Å². The van der Waals surface area contributed by atoms with E-state index in [1.54, 1.807) is 64.7 Å². The molecule has 2 amide bonds. The van der Waals surface area contributed by atoms with Crippen molar-refractivity contribution >= 4 is 40.3 Å². The molecule has 2 aromatic heterocycles. The van der Waals surface area contributed by atoms with Gasteiger partial charge in [0.2, 0.25) is 12.3 Å². The van der Waals surface area contributed by atoms with Crippen LogP contribution in [0.2, 0.25) is 0 Å². The predicted octanol–water partition coefficient (Wildman–Crippen LogP) is 4.32. The highest BCUT2D eigenvalue weighted by atomic mass is 16.5. The van der Waals surface area contributed by atoms with Crippen LogP contribution in [0.1, 0.15) is 10.5 Å². The van der Waals surface area contributed by atoms with Gasteiger partial charge in [-0.3, -0.25) is 29.4 Å². The van der Waals surface area contributed by atoms with Crippen molar-refractivity contribution in [3.05, 3.63) is 104 Å². The normalized spacial score (nSPS) is 14.0. The van der Waals surface area contributed by atoms with Gasteiger partial charge in [-0.05, 0) is 60.7 Å².